The van der Waals surface area contributed by atoms with E-state index in [1.807, 2.05) is 17.9 Å². The molecule has 32 heavy (non-hydrogen) atoms. The molecule has 8 heteroatoms. The summed E-state index contributed by atoms with van der Waals surface area (Å²) in [6.45, 7) is 7.00. The Morgan fingerprint density at radius 2 is 1.88 bits per heavy atom. The van der Waals surface area contributed by atoms with Gasteiger partial charge in [0, 0.05) is 17.8 Å². The number of aromatic nitrogens is 2. The lowest BCUT2D eigenvalue weighted by molar-refractivity contribution is 0.390. The van der Waals surface area contributed by atoms with E-state index in [1.165, 1.54) is 24.3 Å². The zero-order valence-corrected chi connectivity index (χ0v) is 18.9. The topological polar surface area (TPSA) is 54.2 Å². The molecule has 1 N–H and O–H groups in total. The van der Waals surface area contributed by atoms with Crippen LogP contribution < -0.4 is 5.32 Å². The van der Waals surface area contributed by atoms with Crippen LogP contribution in [-0.2, 0) is 0 Å². The van der Waals surface area contributed by atoms with Crippen LogP contribution in [0.2, 0.25) is 0 Å². The molecule has 2 aromatic carbocycles. The number of benzene rings is 2. The van der Waals surface area contributed by atoms with Crippen molar-refractivity contribution in [2.24, 2.45) is 5.92 Å². The van der Waals surface area contributed by atoms with Crippen molar-refractivity contribution >= 4 is 22.9 Å². The van der Waals surface area contributed by atoms with E-state index >= 15 is 0 Å². The zero-order valence-electron chi connectivity index (χ0n) is 18.1. The number of allylic oxidation sites excluding steroid dienone is 1. The van der Waals surface area contributed by atoms with Gasteiger partial charge in [0.2, 0.25) is 5.82 Å². The van der Waals surface area contributed by atoms with Gasteiger partial charge in [-0.25, -0.2) is 8.78 Å². The second-order valence-electron chi connectivity index (χ2n) is 8.20. The van der Waals surface area contributed by atoms with Crippen molar-refractivity contribution in [3.05, 3.63) is 77.3 Å². The van der Waals surface area contributed by atoms with Crippen LogP contribution in [0, 0.1) is 17.6 Å². The summed E-state index contributed by atoms with van der Waals surface area (Å²) in [4.78, 5) is 6.59. The van der Waals surface area contributed by atoms with Crippen molar-refractivity contribution in [2.45, 2.75) is 33.2 Å². The summed E-state index contributed by atoms with van der Waals surface area (Å²) in [6.07, 6.45) is 0.946. The van der Waals surface area contributed by atoms with Crippen molar-refractivity contribution in [3.8, 4) is 11.4 Å². The number of halogens is 2. The van der Waals surface area contributed by atoms with Crippen molar-refractivity contribution in [2.75, 3.05) is 6.54 Å². The summed E-state index contributed by atoms with van der Waals surface area (Å²) < 4.78 is 33.0. The predicted octanol–water partition coefficient (Wildman–Crippen LogP) is 5.72. The van der Waals surface area contributed by atoms with Gasteiger partial charge >= 0.3 is 0 Å². The highest BCUT2D eigenvalue weighted by atomic mass is 32.1. The SMILES string of the molecule is CC1=C(c2nc(-c3ccc(F)cc3)no2)C(c2cccc(F)c2)NC(=S)N1CCC(C)C. The average molecular weight is 455 g/mol. The van der Waals surface area contributed by atoms with Crippen molar-refractivity contribution in [1.82, 2.24) is 20.4 Å². The van der Waals surface area contributed by atoms with E-state index in [4.69, 9.17) is 16.7 Å². The van der Waals surface area contributed by atoms with Crippen LogP contribution in [0.25, 0.3) is 17.0 Å². The third-order valence-electron chi connectivity index (χ3n) is 5.47. The Morgan fingerprint density at radius 1 is 1.12 bits per heavy atom. The maximum absolute atomic E-state index is 14.0. The van der Waals surface area contributed by atoms with Crippen molar-refractivity contribution in [3.63, 3.8) is 0 Å². The molecule has 1 atom stereocenters. The van der Waals surface area contributed by atoms with E-state index in [1.54, 1.807) is 18.2 Å². The van der Waals surface area contributed by atoms with E-state index in [2.05, 4.69) is 29.3 Å². The predicted molar refractivity (Wildman–Crippen MR) is 123 cm³/mol. The molecule has 0 amide bonds. The molecular weight excluding hydrogens is 430 g/mol. The molecular formula is C24H24F2N4OS. The normalized spacial score (nSPS) is 16.6. The van der Waals surface area contributed by atoms with Gasteiger partial charge in [0.1, 0.15) is 11.6 Å². The second kappa shape index (κ2) is 9.16. The monoisotopic (exact) mass is 454 g/mol. The van der Waals surface area contributed by atoms with E-state index in [0.717, 1.165) is 24.2 Å². The minimum absolute atomic E-state index is 0.306. The Labute approximate surface area is 191 Å². The smallest absolute Gasteiger partial charge is 0.258 e. The van der Waals surface area contributed by atoms with Gasteiger partial charge in [-0.1, -0.05) is 31.1 Å². The molecule has 1 unspecified atom stereocenters. The van der Waals surface area contributed by atoms with Gasteiger partial charge in [-0.3, -0.25) is 0 Å². The van der Waals surface area contributed by atoms with Gasteiger partial charge in [0.15, 0.2) is 5.11 Å². The molecule has 1 aromatic heterocycles. The number of thiocarbonyl (C=S) groups is 1. The van der Waals surface area contributed by atoms with E-state index in [9.17, 15) is 8.78 Å². The molecule has 0 saturated carbocycles. The second-order valence-corrected chi connectivity index (χ2v) is 8.59. The van der Waals surface area contributed by atoms with E-state index in [-0.39, 0.29) is 11.6 Å². The average Bonchev–Trinajstić information content (AvgIpc) is 3.23. The van der Waals surface area contributed by atoms with Gasteiger partial charge in [0.25, 0.3) is 5.89 Å². The van der Waals surface area contributed by atoms with Gasteiger partial charge in [-0.05, 0) is 73.4 Å². The molecule has 1 aliphatic rings. The fourth-order valence-corrected chi connectivity index (χ4v) is 4.05. The Bertz CT molecular complexity index is 1160. The molecule has 0 saturated heterocycles. The van der Waals surface area contributed by atoms with E-state index in [0.29, 0.717) is 33.9 Å². The Kier molecular flexibility index (Phi) is 6.32. The molecule has 166 valence electrons. The number of nitrogens with one attached hydrogen (secondary N) is 1. The van der Waals surface area contributed by atoms with Gasteiger partial charge in [-0.15, -0.1) is 0 Å². The minimum atomic E-state index is -0.449. The fraction of sp³-hybridized carbons (Fsp3) is 0.292. The van der Waals surface area contributed by atoms with Crippen LogP contribution in [0.1, 0.15) is 44.7 Å². The molecule has 0 fully saturated rings. The molecule has 0 bridgehead atoms. The maximum Gasteiger partial charge on any atom is 0.258 e. The quantitative estimate of drug-likeness (QED) is 0.481. The van der Waals surface area contributed by atoms with Crippen LogP contribution in [0.4, 0.5) is 8.78 Å². The summed E-state index contributed by atoms with van der Waals surface area (Å²) in [5.74, 6) is 0.476. The largest absolute Gasteiger partial charge is 0.351 e. The lowest BCUT2D eigenvalue weighted by atomic mass is 9.94. The first-order valence-corrected chi connectivity index (χ1v) is 10.9. The highest BCUT2D eigenvalue weighted by Gasteiger charge is 2.34. The minimum Gasteiger partial charge on any atom is -0.351 e. The number of nitrogens with zero attached hydrogens (tertiary/aromatic N) is 3. The Balaban J connectivity index is 1.79. The Morgan fingerprint density at radius 3 is 2.56 bits per heavy atom. The molecule has 0 spiro atoms. The summed E-state index contributed by atoms with van der Waals surface area (Å²) in [5, 5.41) is 7.99. The van der Waals surface area contributed by atoms with Crippen LogP contribution in [0.3, 0.4) is 0 Å². The Hall–Kier alpha value is -3.13. The lowest BCUT2D eigenvalue weighted by Gasteiger charge is -2.37. The van der Waals surface area contributed by atoms with Crippen molar-refractivity contribution < 1.29 is 13.3 Å². The fourth-order valence-electron chi connectivity index (χ4n) is 3.70. The first-order chi connectivity index (χ1) is 15.3. The third-order valence-corrected chi connectivity index (χ3v) is 5.81. The van der Waals surface area contributed by atoms with Crippen LogP contribution in [0.15, 0.2) is 58.8 Å². The highest BCUT2D eigenvalue weighted by Crippen LogP contribution is 2.37. The molecule has 5 nitrogen and oxygen atoms in total. The van der Waals surface area contributed by atoms with Crippen molar-refractivity contribution in [1.29, 1.82) is 0 Å². The first kappa shape index (κ1) is 22.1. The molecule has 3 aromatic rings. The summed E-state index contributed by atoms with van der Waals surface area (Å²) >= 11 is 5.65. The third kappa shape index (κ3) is 4.55. The number of hydrogen-bond donors (Lipinski definition) is 1. The number of rotatable bonds is 6. The number of hydrogen-bond acceptors (Lipinski definition) is 4. The molecule has 2 heterocycles. The maximum atomic E-state index is 14.0. The van der Waals surface area contributed by atoms with Gasteiger partial charge in [0.05, 0.1) is 11.6 Å². The van der Waals surface area contributed by atoms with Crippen LogP contribution >= 0.6 is 12.2 Å². The first-order valence-electron chi connectivity index (χ1n) is 10.5. The van der Waals surface area contributed by atoms with Gasteiger partial charge < -0.3 is 14.7 Å². The molecule has 4 rings (SSSR count). The highest BCUT2D eigenvalue weighted by molar-refractivity contribution is 7.80. The van der Waals surface area contributed by atoms with Crippen LogP contribution in [0.5, 0.6) is 0 Å². The van der Waals surface area contributed by atoms with Gasteiger partial charge in [-0.2, -0.15) is 4.98 Å². The van der Waals surface area contributed by atoms with E-state index < -0.39 is 6.04 Å². The molecule has 0 radical (unpaired) electrons. The zero-order chi connectivity index (χ0) is 22.8. The molecule has 0 aliphatic carbocycles. The lowest BCUT2D eigenvalue weighted by Crippen LogP contribution is -2.46. The standard InChI is InChI=1S/C24H24F2N4OS/c1-14(2)11-12-30-15(3)20(21(27-24(30)32)17-5-4-6-19(26)13-17)23-28-22(29-31-23)16-7-9-18(25)10-8-16/h4-10,13-14,21H,11-12H2,1-3H3,(H,27,32). The summed E-state index contributed by atoms with van der Waals surface area (Å²) in [5.41, 5.74) is 2.94. The van der Waals surface area contributed by atoms with Crippen LogP contribution in [-0.4, -0.2) is 26.7 Å². The summed E-state index contributed by atoms with van der Waals surface area (Å²) in [6, 6.07) is 11.8. The molecule has 1 aliphatic heterocycles. The summed E-state index contributed by atoms with van der Waals surface area (Å²) in [7, 11) is 0.